The molecule has 0 aromatic heterocycles. The third-order valence-corrected chi connectivity index (χ3v) is 2.19. The van der Waals surface area contributed by atoms with Crippen molar-refractivity contribution in [3.8, 4) is 0 Å². The predicted molar refractivity (Wildman–Crippen MR) is 51.5 cm³/mol. The standard InChI is InChI=1S/C8H8BrNO3/c1-13-5-6-2-3-7(9)8(4-6)10(11)12/h2-4H,5H2,1H3. The molecular formula is C8H8BrNO3. The van der Waals surface area contributed by atoms with Gasteiger partial charge in [0, 0.05) is 13.2 Å². The van der Waals surface area contributed by atoms with E-state index in [0.29, 0.717) is 11.1 Å². The second-order valence-electron chi connectivity index (χ2n) is 2.48. The van der Waals surface area contributed by atoms with Crippen LogP contribution in [0, 0.1) is 10.1 Å². The molecule has 0 fully saturated rings. The van der Waals surface area contributed by atoms with E-state index in [2.05, 4.69) is 15.9 Å². The van der Waals surface area contributed by atoms with E-state index in [1.807, 2.05) is 0 Å². The van der Waals surface area contributed by atoms with E-state index in [1.165, 1.54) is 6.07 Å². The van der Waals surface area contributed by atoms with Gasteiger partial charge in [-0.3, -0.25) is 10.1 Å². The van der Waals surface area contributed by atoms with Crippen molar-refractivity contribution in [2.45, 2.75) is 6.61 Å². The van der Waals surface area contributed by atoms with E-state index in [0.717, 1.165) is 5.56 Å². The number of hydrogen-bond donors (Lipinski definition) is 0. The Morgan fingerprint density at radius 2 is 2.31 bits per heavy atom. The summed E-state index contributed by atoms with van der Waals surface area (Å²) in [5, 5.41) is 10.5. The van der Waals surface area contributed by atoms with Gasteiger partial charge in [-0.2, -0.15) is 0 Å². The quantitative estimate of drug-likeness (QED) is 0.608. The number of rotatable bonds is 3. The van der Waals surface area contributed by atoms with E-state index >= 15 is 0 Å². The van der Waals surface area contributed by atoms with Crippen LogP contribution in [-0.4, -0.2) is 12.0 Å². The number of halogens is 1. The summed E-state index contributed by atoms with van der Waals surface area (Å²) in [6.07, 6.45) is 0. The van der Waals surface area contributed by atoms with E-state index in [9.17, 15) is 10.1 Å². The van der Waals surface area contributed by atoms with E-state index in [4.69, 9.17) is 4.74 Å². The fourth-order valence-electron chi connectivity index (χ4n) is 0.955. The van der Waals surface area contributed by atoms with Gasteiger partial charge in [-0.25, -0.2) is 0 Å². The Hall–Kier alpha value is -0.940. The minimum absolute atomic E-state index is 0.0644. The van der Waals surface area contributed by atoms with Crippen LogP contribution in [0.4, 0.5) is 5.69 Å². The third-order valence-electron chi connectivity index (χ3n) is 1.52. The second kappa shape index (κ2) is 4.34. The summed E-state index contributed by atoms with van der Waals surface area (Å²) in [4.78, 5) is 10.1. The molecule has 13 heavy (non-hydrogen) atoms. The smallest absolute Gasteiger partial charge is 0.283 e. The molecule has 0 spiro atoms. The molecule has 0 saturated heterocycles. The van der Waals surface area contributed by atoms with Crippen LogP contribution >= 0.6 is 15.9 Å². The second-order valence-corrected chi connectivity index (χ2v) is 3.33. The fraction of sp³-hybridized carbons (Fsp3) is 0.250. The first-order valence-electron chi connectivity index (χ1n) is 3.57. The Morgan fingerprint density at radius 1 is 1.62 bits per heavy atom. The molecule has 0 N–H and O–H groups in total. The Labute approximate surface area is 83.8 Å². The minimum atomic E-state index is -0.427. The molecule has 5 heteroatoms. The highest BCUT2D eigenvalue weighted by Crippen LogP contribution is 2.25. The van der Waals surface area contributed by atoms with Crippen LogP contribution in [0.15, 0.2) is 22.7 Å². The number of benzene rings is 1. The summed E-state index contributed by atoms with van der Waals surface area (Å²) in [7, 11) is 1.55. The molecule has 0 radical (unpaired) electrons. The van der Waals surface area contributed by atoms with Crippen molar-refractivity contribution in [2.75, 3.05) is 7.11 Å². The summed E-state index contributed by atoms with van der Waals surface area (Å²) < 4.78 is 5.35. The van der Waals surface area contributed by atoms with Gasteiger partial charge in [0.1, 0.15) is 0 Å². The van der Waals surface area contributed by atoms with Gasteiger partial charge < -0.3 is 4.74 Å². The van der Waals surface area contributed by atoms with Gasteiger partial charge in [0.15, 0.2) is 0 Å². The van der Waals surface area contributed by atoms with Gasteiger partial charge in [-0.05, 0) is 27.6 Å². The van der Waals surface area contributed by atoms with Crippen molar-refractivity contribution in [1.29, 1.82) is 0 Å². The molecule has 0 heterocycles. The summed E-state index contributed by atoms with van der Waals surface area (Å²) in [5.41, 5.74) is 0.854. The molecule has 0 aliphatic carbocycles. The number of ether oxygens (including phenoxy) is 1. The predicted octanol–water partition coefficient (Wildman–Crippen LogP) is 2.50. The lowest BCUT2D eigenvalue weighted by molar-refractivity contribution is -0.385. The highest BCUT2D eigenvalue weighted by atomic mass is 79.9. The minimum Gasteiger partial charge on any atom is -0.380 e. The molecule has 4 nitrogen and oxygen atoms in total. The number of nitro groups is 1. The topological polar surface area (TPSA) is 52.4 Å². The van der Waals surface area contributed by atoms with Gasteiger partial charge in [0.2, 0.25) is 0 Å². The van der Waals surface area contributed by atoms with Crippen molar-refractivity contribution in [3.05, 3.63) is 38.3 Å². The number of methoxy groups -OCH3 is 1. The largest absolute Gasteiger partial charge is 0.380 e. The molecular weight excluding hydrogens is 238 g/mol. The Morgan fingerprint density at radius 3 is 2.85 bits per heavy atom. The van der Waals surface area contributed by atoms with E-state index < -0.39 is 4.92 Å². The zero-order valence-corrected chi connectivity index (χ0v) is 8.58. The molecule has 70 valence electrons. The highest BCUT2D eigenvalue weighted by Gasteiger charge is 2.11. The number of hydrogen-bond acceptors (Lipinski definition) is 3. The average Bonchev–Trinajstić information content (AvgIpc) is 2.08. The van der Waals surface area contributed by atoms with Crippen LogP contribution in [0.3, 0.4) is 0 Å². The van der Waals surface area contributed by atoms with Crippen molar-refractivity contribution >= 4 is 21.6 Å². The lowest BCUT2D eigenvalue weighted by Crippen LogP contribution is -1.93. The molecule has 0 aliphatic heterocycles. The fourth-order valence-corrected chi connectivity index (χ4v) is 1.35. The maximum Gasteiger partial charge on any atom is 0.283 e. The van der Waals surface area contributed by atoms with E-state index in [1.54, 1.807) is 19.2 Å². The number of nitro benzene ring substituents is 1. The first kappa shape index (κ1) is 10.1. The maximum absolute atomic E-state index is 10.5. The van der Waals surface area contributed by atoms with Crippen LogP contribution in [0.25, 0.3) is 0 Å². The molecule has 0 amide bonds. The summed E-state index contributed by atoms with van der Waals surface area (Å²) in [6, 6.07) is 4.92. The molecule has 0 saturated carbocycles. The van der Waals surface area contributed by atoms with Crippen LogP contribution in [0.1, 0.15) is 5.56 Å². The van der Waals surface area contributed by atoms with Crippen LogP contribution in [-0.2, 0) is 11.3 Å². The molecule has 1 aromatic carbocycles. The Kier molecular flexibility index (Phi) is 3.39. The van der Waals surface area contributed by atoms with Crippen LogP contribution < -0.4 is 0 Å². The van der Waals surface area contributed by atoms with Crippen molar-refractivity contribution in [3.63, 3.8) is 0 Å². The van der Waals surface area contributed by atoms with Gasteiger partial charge >= 0.3 is 0 Å². The van der Waals surface area contributed by atoms with Crippen LogP contribution in [0.5, 0.6) is 0 Å². The zero-order chi connectivity index (χ0) is 9.84. The van der Waals surface area contributed by atoms with Gasteiger partial charge in [0.05, 0.1) is 16.0 Å². The molecule has 0 bridgehead atoms. The van der Waals surface area contributed by atoms with Gasteiger partial charge in [0.25, 0.3) is 5.69 Å². The van der Waals surface area contributed by atoms with Crippen molar-refractivity contribution in [2.24, 2.45) is 0 Å². The summed E-state index contributed by atoms with van der Waals surface area (Å²) in [6.45, 7) is 0.383. The Bertz CT molecular complexity index is 327. The average molecular weight is 246 g/mol. The van der Waals surface area contributed by atoms with Gasteiger partial charge in [-0.15, -0.1) is 0 Å². The molecule has 1 aromatic rings. The Balaban J connectivity index is 3.04. The monoisotopic (exact) mass is 245 g/mol. The van der Waals surface area contributed by atoms with Crippen molar-refractivity contribution in [1.82, 2.24) is 0 Å². The first-order valence-corrected chi connectivity index (χ1v) is 4.36. The molecule has 0 aliphatic rings. The van der Waals surface area contributed by atoms with E-state index in [-0.39, 0.29) is 5.69 Å². The highest BCUT2D eigenvalue weighted by molar-refractivity contribution is 9.10. The molecule has 0 atom stereocenters. The normalized spacial score (nSPS) is 10.0. The summed E-state index contributed by atoms with van der Waals surface area (Å²) >= 11 is 3.10. The lowest BCUT2D eigenvalue weighted by Gasteiger charge is -2.00. The third kappa shape index (κ3) is 2.50. The van der Waals surface area contributed by atoms with Crippen LogP contribution in [0.2, 0.25) is 0 Å². The number of nitrogens with zero attached hydrogens (tertiary/aromatic N) is 1. The van der Waals surface area contributed by atoms with Crippen molar-refractivity contribution < 1.29 is 9.66 Å². The maximum atomic E-state index is 10.5. The SMILES string of the molecule is COCc1ccc(Br)c([N+](=O)[O-])c1. The molecule has 1 rings (SSSR count). The molecule has 0 unspecified atom stereocenters. The first-order chi connectivity index (χ1) is 6.15. The zero-order valence-electron chi connectivity index (χ0n) is 6.99. The summed E-state index contributed by atoms with van der Waals surface area (Å²) in [5.74, 6) is 0. The van der Waals surface area contributed by atoms with Gasteiger partial charge in [-0.1, -0.05) is 6.07 Å². The lowest BCUT2D eigenvalue weighted by atomic mass is 10.2.